The van der Waals surface area contributed by atoms with E-state index in [0.717, 1.165) is 30.1 Å². The molecule has 0 spiro atoms. The van der Waals surface area contributed by atoms with E-state index in [1.807, 2.05) is 31.2 Å². The SMILES string of the molecule is C[C@H](N)c1ccc(O[C@@H]2CCN(c3ccnc(N(C)CC(F)F)n3)C2)cc1.Cl. The zero-order chi connectivity index (χ0) is 19.4. The van der Waals surface area contributed by atoms with Crippen LogP contribution in [-0.2, 0) is 0 Å². The summed E-state index contributed by atoms with van der Waals surface area (Å²) in [5.74, 6) is 1.83. The lowest BCUT2D eigenvalue weighted by molar-refractivity contribution is 0.156. The summed E-state index contributed by atoms with van der Waals surface area (Å²) < 4.78 is 31.2. The number of hydrogen-bond acceptors (Lipinski definition) is 6. The number of benzene rings is 1. The molecule has 154 valence electrons. The van der Waals surface area contributed by atoms with Gasteiger partial charge in [-0.25, -0.2) is 13.8 Å². The number of aromatic nitrogens is 2. The number of anilines is 2. The fraction of sp³-hybridized carbons (Fsp3) is 0.474. The van der Waals surface area contributed by atoms with Crippen molar-refractivity contribution in [2.24, 2.45) is 5.73 Å². The van der Waals surface area contributed by atoms with E-state index < -0.39 is 13.0 Å². The average Bonchev–Trinajstić information content (AvgIpc) is 3.10. The lowest BCUT2D eigenvalue weighted by Gasteiger charge is -2.21. The molecule has 1 aromatic carbocycles. The van der Waals surface area contributed by atoms with Crippen LogP contribution in [0, 0.1) is 0 Å². The monoisotopic (exact) mass is 413 g/mol. The maximum Gasteiger partial charge on any atom is 0.255 e. The van der Waals surface area contributed by atoms with Crippen LogP contribution in [0.4, 0.5) is 20.5 Å². The third-order valence-corrected chi connectivity index (χ3v) is 4.56. The lowest BCUT2D eigenvalue weighted by Crippen LogP contribution is -2.28. The molecule has 2 aromatic rings. The molecule has 1 aliphatic heterocycles. The Morgan fingerprint density at radius 3 is 2.64 bits per heavy atom. The largest absolute Gasteiger partial charge is 0.489 e. The molecule has 28 heavy (non-hydrogen) atoms. The summed E-state index contributed by atoms with van der Waals surface area (Å²) in [7, 11) is 1.56. The molecular formula is C19H26ClF2N5O. The quantitative estimate of drug-likeness (QED) is 0.751. The molecule has 1 fully saturated rings. The first kappa shape index (κ1) is 22.1. The van der Waals surface area contributed by atoms with Gasteiger partial charge in [-0.2, -0.15) is 4.98 Å². The van der Waals surface area contributed by atoms with Crippen LogP contribution >= 0.6 is 12.4 Å². The van der Waals surface area contributed by atoms with Gasteiger partial charge in [0.2, 0.25) is 5.95 Å². The van der Waals surface area contributed by atoms with Gasteiger partial charge in [0.15, 0.2) is 0 Å². The maximum absolute atomic E-state index is 12.6. The standard InChI is InChI=1S/C19H25F2N5O.ClH/c1-13(22)14-3-5-15(6-4-14)27-16-8-10-26(11-16)18-7-9-23-19(24-18)25(2)12-17(20)21;/h3-7,9,13,16-17H,8,10-12,22H2,1-2H3;1H/t13-,16+;/m0./s1. The summed E-state index contributed by atoms with van der Waals surface area (Å²) in [4.78, 5) is 11.9. The summed E-state index contributed by atoms with van der Waals surface area (Å²) >= 11 is 0. The predicted octanol–water partition coefficient (Wildman–Crippen LogP) is 3.28. The van der Waals surface area contributed by atoms with Crippen LogP contribution < -0.4 is 20.3 Å². The van der Waals surface area contributed by atoms with E-state index in [0.29, 0.717) is 12.5 Å². The molecular weight excluding hydrogens is 388 g/mol. The Balaban J connectivity index is 0.00000280. The first-order chi connectivity index (χ1) is 12.9. The number of ether oxygens (including phenoxy) is 1. The maximum atomic E-state index is 12.6. The summed E-state index contributed by atoms with van der Waals surface area (Å²) in [6, 6.07) is 9.60. The zero-order valence-electron chi connectivity index (χ0n) is 16.0. The van der Waals surface area contributed by atoms with Gasteiger partial charge in [0, 0.05) is 32.3 Å². The lowest BCUT2D eigenvalue weighted by atomic mass is 10.1. The van der Waals surface area contributed by atoms with Gasteiger partial charge >= 0.3 is 0 Å². The number of hydrogen-bond donors (Lipinski definition) is 1. The smallest absolute Gasteiger partial charge is 0.255 e. The van der Waals surface area contributed by atoms with E-state index in [4.69, 9.17) is 10.5 Å². The van der Waals surface area contributed by atoms with Crippen molar-refractivity contribution >= 4 is 24.2 Å². The number of halogens is 3. The topological polar surface area (TPSA) is 67.5 Å². The summed E-state index contributed by atoms with van der Waals surface area (Å²) in [6.07, 6.45) is 0.0748. The first-order valence-corrected chi connectivity index (χ1v) is 9.02. The highest BCUT2D eigenvalue weighted by Gasteiger charge is 2.25. The van der Waals surface area contributed by atoms with Gasteiger partial charge in [-0.05, 0) is 30.7 Å². The number of rotatable bonds is 7. The number of nitrogens with two attached hydrogens (primary N) is 1. The second-order valence-electron chi connectivity index (χ2n) is 6.82. The minimum Gasteiger partial charge on any atom is -0.489 e. The Kier molecular flexibility index (Phi) is 7.77. The van der Waals surface area contributed by atoms with Gasteiger partial charge in [0.05, 0.1) is 13.1 Å². The summed E-state index contributed by atoms with van der Waals surface area (Å²) in [5, 5.41) is 0. The van der Waals surface area contributed by atoms with Crippen LogP contribution in [0.1, 0.15) is 24.9 Å². The van der Waals surface area contributed by atoms with Crippen LogP contribution in [0.25, 0.3) is 0 Å². The van der Waals surface area contributed by atoms with E-state index in [1.165, 1.54) is 4.90 Å². The van der Waals surface area contributed by atoms with Gasteiger partial charge < -0.3 is 20.3 Å². The molecule has 6 nitrogen and oxygen atoms in total. The molecule has 0 radical (unpaired) electrons. The molecule has 0 unspecified atom stereocenters. The second-order valence-corrected chi connectivity index (χ2v) is 6.82. The van der Waals surface area contributed by atoms with Crippen LogP contribution in [0.3, 0.4) is 0 Å². The Morgan fingerprint density at radius 2 is 2.00 bits per heavy atom. The molecule has 2 N–H and O–H groups in total. The van der Waals surface area contributed by atoms with Crippen LogP contribution in [-0.4, -0.2) is 49.2 Å². The molecule has 2 atom stereocenters. The van der Waals surface area contributed by atoms with Crippen LogP contribution in [0.5, 0.6) is 5.75 Å². The molecule has 0 aliphatic carbocycles. The van der Waals surface area contributed by atoms with Gasteiger partial charge in [0.25, 0.3) is 6.43 Å². The van der Waals surface area contributed by atoms with Crippen molar-refractivity contribution in [1.29, 1.82) is 0 Å². The predicted molar refractivity (Wildman–Crippen MR) is 109 cm³/mol. The summed E-state index contributed by atoms with van der Waals surface area (Å²) in [5.41, 5.74) is 6.93. The molecule has 9 heteroatoms. The molecule has 3 rings (SSSR count). The highest BCUT2D eigenvalue weighted by molar-refractivity contribution is 5.85. The van der Waals surface area contributed by atoms with Crippen LogP contribution in [0.15, 0.2) is 36.5 Å². The normalized spacial score (nSPS) is 17.4. The van der Waals surface area contributed by atoms with Gasteiger partial charge in [-0.15, -0.1) is 12.4 Å². The third kappa shape index (κ3) is 5.65. The first-order valence-electron chi connectivity index (χ1n) is 9.02. The highest BCUT2D eigenvalue weighted by Crippen LogP contribution is 2.24. The van der Waals surface area contributed by atoms with E-state index in [-0.39, 0.29) is 24.6 Å². The second kappa shape index (κ2) is 9.84. The van der Waals surface area contributed by atoms with Gasteiger partial charge in [-0.1, -0.05) is 12.1 Å². The van der Waals surface area contributed by atoms with Gasteiger partial charge in [-0.3, -0.25) is 0 Å². The fourth-order valence-electron chi connectivity index (χ4n) is 3.06. The van der Waals surface area contributed by atoms with Crippen molar-refractivity contribution in [2.45, 2.75) is 31.9 Å². The molecule has 0 bridgehead atoms. The Hall–Kier alpha value is -2.19. The van der Waals surface area contributed by atoms with Crippen molar-refractivity contribution < 1.29 is 13.5 Å². The Labute approximate surface area is 170 Å². The van der Waals surface area contributed by atoms with Crippen molar-refractivity contribution in [2.75, 3.05) is 36.5 Å². The van der Waals surface area contributed by atoms with E-state index in [2.05, 4.69) is 14.9 Å². The van der Waals surface area contributed by atoms with E-state index >= 15 is 0 Å². The molecule has 2 heterocycles. The van der Waals surface area contributed by atoms with Gasteiger partial charge in [0.1, 0.15) is 17.7 Å². The van der Waals surface area contributed by atoms with E-state index in [9.17, 15) is 8.78 Å². The minimum absolute atomic E-state index is 0. The average molecular weight is 414 g/mol. The fourth-order valence-corrected chi connectivity index (χ4v) is 3.06. The molecule has 0 amide bonds. The van der Waals surface area contributed by atoms with E-state index in [1.54, 1.807) is 19.3 Å². The van der Waals surface area contributed by atoms with Crippen LogP contribution in [0.2, 0.25) is 0 Å². The Bertz CT molecular complexity index is 747. The van der Waals surface area contributed by atoms with Crippen molar-refractivity contribution in [3.05, 3.63) is 42.1 Å². The minimum atomic E-state index is -2.43. The number of nitrogens with zero attached hydrogens (tertiary/aromatic N) is 4. The molecule has 1 aliphatic rings. The highest BCUT2D eigenvalue weighted by atomic mass is 35.5. The number of alkyl halides is 2. The molecule has 1 saturated heterocycles. The van der Waals surface area contributed by atoms with Crippen molar-refractivity contribution in [3.63, 3.8) is 0 Å². The zero-order valence-corrected chi connectivity index (χ0v) is 16.8. The third-order valence-electron chi connectivity index (χ3n) is 4.56. The Morgan fingerprint density at radius 1 is 1.29 bits per heavy atom. The molecule has 1 aromatic heterocycles. The van der Waals surface area contributed by atoms with Crippen molar-refractivity contribution in [3.8, 4) is 5.75 Å². The van der Waals surface area contributed by atoms with Crippen molar-refractivity contribution in [1.82, 2.24) is 9.97 Å². The summed E-state index contributed by atoms with van der Waals surface area (Å²) in [6.45, 7) is 3.02. The molecule has 0 saturated carbocycles.